The third-order valence-corrected chi connectivity index (χ3v) is 1.72. The molecule has 0 amide bonds. The lowest BCUT2D eigenvalue weighted by molar-refractivity contribution is 0.662. The summed E-state index contributed by atoms with van der Waals surface area (Å²) in [6.45, 7) is 6.44. The van der Waals surface area contributed by atoms with Crippen LogP contribution in [0.1, 0.15) is 13.3 Å². The fourth-order valence-corrected chi connectivity index (χ4v) is 1.12. The maximum atomic E-state index is 5.64. The number of amidine groups is 1. The van der Waals surface area contributed by atoms with E-state index in [1.807, 2.05) is 13.0 Å². The van der Waals surface area contributed by atoms with Gasteiger partial charge >= 0.3 is 0 Å². The van der Waals surface area contributed by atoms with Crippen LogP contribution in [-0.2, 0) is 0 Å². The zero-order valence-electron chi connectivity index (χ0n) is 6.88. The first kappa shape index (κ1) is 8.27. The van der Waals surface area contributed by atoms with E-state index in [-0.39, 0.29) is 6.04 Å². The smallest absolute Gasteiger partial charge is 0.113 e. The first-order chi connectivity index (χ1) is 5.24. The van der Waals surface area contributed by atoms with Gasteiger partial charge in [0.05, 0.1) is 18.6 Å². The average Bonchev–Trinajstić information content (AvgIpc) is 2.37. The second kappa shape index (κ2) is 3.53. The summed E-state index contributed by atoms with van der Waals surface area (Å²) in [5.41, 5.74) is 5.64. The predicted molar refractivity (Wildman–Crippen MR) is 47.7 cm³/mol. The fourth-order valence-electron chi connectivity index (χ4n) is 1.12. The van der Waals surface area contributed by atoms with E-state index in [0.717, 1.165) is 18.8 Å². The molecule has 0 saturated carbocycles. The van der Waals surface area contributed by atoms with E-state index in [1.54, 1.807) is 0 Å². The molecule has 3 N–H and O–H groups in total. The van der Waals surface area contributed by atoms with Gasteiger partial charge in [0.2, 0.25) is 0 Å². The van der Waals surface area contributed by atoms with E-state index in [9.17, 15) is 0 Å². The zero-order valence-corrected chi connectivity index (χ0v) is 6.88. The van der Waals surface area contributed by atoms with Gasteiger partial charge < -0.3 is 11.1 Å². The summed E-state index contributed by atoms with van der Waals surface area (Å²) in [4.78, 5) is 4.27. The van der Waals surface area contributed by atoms with E-state index >= 15 is 0 Å². The SMILES string of the molecule is C=CCC1CN=C(C(C)N)N1. The lowest BCUT2D eigenvalue weighted by Gasteiger charge is -2.10. The summed E-state index contributed by atoms with van der Waals surface area (Å²) in [6, 6.07) is 0.457. The predicted octanol–water partition coefficient (Wildman–Crippen LogP) is 0.280. The van der Waals surface area contributed by atoms with Crippen LogP contribution in [0.3, 0.4) is 0 Å². The molecular weight excluding hydrogens is 138 g/mol. The molecule has 0 radical (unpaired) electrons. The van der Waals surface area contributed by atoms with Crippen LogP contribution in [0.5, 0.6) is 0 Å². The molecule has 0 spiro atoms. The maximum Gasteiger partial charge on any atom is 0.113 e. The molecule has 0 aromatic rings. The topological polar surface area (TPSA) is 50.4 Å². The largest absolute Gasteiger partial charge is 0.368 e. The first-order valence-corrected chi connectivity index (χ1v) is 3.91. The van der Waals surface area contributed by atoms with Crippen molar-refractivity contribution in [1.29, 1.82) is 0 Å². The normalized spacial score (nSPS) is 25.6. The van der Waals surface area contributed by atoms with Gasteiger partial charge in [-0.3, -0.25) is 4.99 Å². The van der Waals surface area contributed by atoms with Crippen LogP contribution in [-0.4, -0.2) is 24.5 Å². The van der Waals surface area contributed by atoms with Crippen molar-refractivity contribution in [1.82, 2.24) is 5.32 Å². The van der Waals surface area contributed by atoms with E-state index in [1.165, 1.54) is 0 Å². The van der Waals surface area contributed by atoms with Crippen molar-refractivity contribution >= 4 is 5.84 Å². The summed E-state index contributed by atoms with van der Waals surface area (Å²) in [6.07, 6.45) is 2.86. The Morgan fingerprint density at radius 2 is 2.73 bits per heavy atom. The molecule has 0 fully saturated rings. The van der Waals surface area contributed by atoms with Crippen LogP contribution in [0.25, 0.3) is 0 Å². The van der Waals surface area contributed by atoms with Gasteiger partial charge in [-0.15, -0.1) is 6.58 Å². The van der Waals surface area contributed by atoms with Crippen molar-refractivity contribution in [3.05, 3.63) is 12.7 Å². The number of rotatable bonds is 3. The summed E-state index contributed by atoms with van der Waals surface area (Å²) in [5.74, 6) is 0.928. The number of aliphatic imine (C=N–C) groups is 1. The second-order valence-corrected chi connectivity index (χ2v) is 2.88. The average molecular weight is 153 g/mol. The molecule has 3 heteroatoms. The van der Waals surface area contributed by atoms with Gasteiger partial charge in [-0.2, -0.15) is 0 Å². The van der Waals surface area contributed by atoms with Crippen LogP contribution in [0, 0.1) is 0 Å². The van der Waals surface area contributed by atoms with Crippen molar-refractivity contribution < 1.29 is 0 Å². The molecule has 1 heterocycles. The molecule has 1 aliphatic rings. The minimum Gasteiger partial charge on any atom is -0.368 e. The lowest BCUT2D eigenvalue weighted by Crippen LogP contribution is -2.39. The van der Waals surface area contributed by atoms with E-state index < -0.39 is 0 Å². The minimum absolute atomic E-state index is 0.0322. The van der Waals surface area contributed by atoms with Gasteiger partial charge in [0.1, 0.15) is 5.84 Å². The Kier molecular flexibility index (Phi) is 2.65. The molecular formula is C8H15N3. The number of nitrogens with two attached hydrogens (primary N) is 1. The molecule has 0 saturated heterocycles. The highest BCUT2D eigenvalue weighted by Gasteiger charge is 2.17. The summed E-state index contributed by atoms with van der Waals surface area (Å²) in [5, 5.41) is 3.25. The molecule has 0 aliphatic carbocycles. The van der Waals surface area contributed by atoms with Crippen molar-refractivity contribution in [2.45, 2.75) is 25.4 Å². The van der Waals surface area contributed by atoms with Gasteiger partial charge in [-0.05, 0) is 13.3 Å². The Labute approximate surface area is 67.4 Å². The van der Waals surface area contributed by atoms with Gasteiger partial charge in [-0.25, -0.2) is 0 Å². The molecule has 11 heavy (non-hydrogen) atoms. The van der Waals surface area contributed by atoms with Crippen molar-refractivity contribution in [3.63, 3.8) is 0 Å². The molecule has 3 nitrogen and oxygen atoms in total. The highest BCUT2D eigenvalue weighted by Crippen LogP contribution is 2.02. The molecule has 0 aromatic heterocycles. The zero-order chi connectivity index (χ0) is 8.27. The molecule has 62 valence electrons. The van der Waals surface area contributed by atoms with E-state index in [0.29, 0.717) is 6.04 Å². The Balaban J connectivity index is 2.36. The molecule has 0 aromatic carbocycles. The fraction of sp³-hybridized carbons (Fsp3) is 0.625. The summed E-state index contributed by atoms with van der Waals surface area (Å²) >= 11 is 0. The van der Waals surface area contributed by atoms with Crippen molar-refractivity contribution in [2.24, 2.45) is 10.7 Å². The molecule has 2 atom stereocenters. The van der Waals surface area contributed by atoms with Gasteiger partial charge in [0.15, 0.2) is 0 Å². The van der Waals surface area contributed by atoms with Crippen LogP contribution in [0.4, 0.5) is 0 Å². The molecule has 0 bridgehead atoms. The van der Waals surface area contributed by atoms with Gasteiger partial charge in [0.25, 0.3) is 0 Å². The number of hydrogen-bond acceptors (Lipinski definition) is 3. The Morgan fingerprint density at radius 1 is 2.00 bits per heavy atom. The van der Waals surface area contributed by atoms with E-state index in [2.05, 4.69) is 16.9 Å². The number of nitrogens with one attached hydrogen (secondary N) is 1. The number of nitrogens with zero attached hydrogens (tertiary/aromatic N) is 1. The Morgan fingerprint density at radius 3 is 3.18 bits per heavy atom. The van der Waals surface area contributed by atoms with Crippen LogP contribution < -0.4 is 11.1 Å². The Bertz CT molecular complexity index is 172. The Hall–Kier alpha value is -0.830. The van der Waals surface area contributed by atoms with Crippen LogP contribution in [0.2, 0.25) is 0 Å². The third kappa shape index (κ3) is 2.05. The maximum absolute atomic E-state index is 5.64. The second-order valence-electron chi connectivity index (χ2n) is 2.88. The van der Waals surface area contributed by atoms with Crippen LogP contribution in [0.15, 0.2) is 17.6 Å². The first-order valence-electron chi connectivity index (χ1n) is 3.91. The van der Waals surface area contributed by atoms with Crippen molar-refractivity contribution in [3.8, 4) is 0 Å². The number of hydrogen-bond donors (Lipinski definition) is 2. The third-order valence-electron chi connectivity index (χ3n) is 1.72. The van der Waals surface area contributed by atoms with Gasteiger partial charge in [-0.1, -0.05) is 6.08 Å². The molecule has 2 unspecified atom stereocenters. The van der Waals surface area contributed by atoms with Crippen LogP contribution >= 0.6 is 0 Å². The highest BCUT2D eigenvalue weighted by atomic mass is 15.1. The molecule has 1 aliphatic heterocycles. The van der Waals surface area contributed by atoms with Gasteiger partial charge in [0, 0.05) is 0 Å². The summed E-state index contributed by atoms with van der Waals surface area (Å²) in [7, 11) is 0. The molecule has 1 rings (SSSR count). The lowest BCUT2D eigenvalue weighted by atomic mass is 10.2. The highest BCUT2D eigenvalue weighted by molar-refractivity contribution is 5.88. The monoisotopic (exact) mass is 153 g/mol. The quantitative estimate of drug-likeness (QED) is 0.572. The van der Waals surface area contributed by atoms with E-state index in [4.69, 9.17) is 5.73 Å². The van der Waals surface area contributed by atoms with Crippen molar-refractivity contribution in [2.75, 3.05) is 6.54 Å². The standard InChI is InChI=1S/C8H15N3/c1-3-4-7-5-10-8(11-7)6(2)9/h3,6-7H,1,4-5,9H2,2H3,(H,10,11). The summed E-state index contributed by atoms with van der Waals surface area (Å²) < 4.78 is 0. The minimum atomic E-state index is 0.0322.